The molecule has 3 aromatic rings. The van der Waals surface area contributed by atoms with Gasteiger partial charge in [-0.3, -0.25) is 9.59 Å². The Morgan fingerprint density at radius 3 is 2.19 bits per heavy atom. The Balaban J connectivity index is 1.45. The van der Waals surface area contributed by atoms with Gasteiger partial charge in [-0.25, -0.2) is 5.43 Å². The topological polar surface area (TPSA) is 89.0 Å². The summed E-state index contributed by atoms with van der Waals surface area (Å²) >= 11 is 0. The van der Waals surface area contributed by atoms with Crippen molar-refractivity contribution < 1.29 is 19.1 Å². The van der Waals surface area contributed by atoms with Gasteiger partial charge in [0.25, 0.3) is 11.8 Å². The number of rotatable bonds is 8. The van der Waals surface area contributed by atoms with E-state index in [0.29, 0.717) is 17.1 Å². The number of ether oxygens (including phenoxy) is 2. The van der Waals surface area contributed by atoms with Gasteiger partial charge >= 0.3 is 0 Å². The standard InChI is InChI=1S/C24H23N3O4/c1-17-3-9-20(10-4-17)26-23(28)16-31-22-11-5-18(6-12-22)15-25-27-24(29)19-7-13-21(30-2)14-8-19/h3-15H,16H2,1-2H3,(H,26,28)(H,27,29)/b25-15-. The summed E-state index contributed by atoms with van der Waals surface area (Å²) in [6.45, 7) is 1.89. The quantitative estimate of drug-likeness (QED) is 0.431. The van der Waals surface area contributed by atoms with Crippen LogP contribution in [0, 0.1) is 6.92 Å². The molecule has 0 aliphatic heterocycles. The van der Waals surface area contributed by atoms with Gasteiger partial charge in [0.15, 0.2) is 6.61 Å². The second-order valence-electron chi connectivity index (χ2n) is 6.70. The Hall–Kier alpha value is -4.13. The van der Waals surface area contributed by atoms with Crippen LogP contribution in [-0.4, -0.2) is 31.7 Å². The predicted octanol–water partition coefficient (Wildman–Crippen LogP) is 3.79. The SMILES string of the molecule is COc1ccc(C(=O)N/N=C\c2ccc(OCC(=O)Nc3ccc(C)cc3)cc2)cc1. The fourth-order valence-corrected chi connectivity index (χ4v) is 2.61. The van der Waals surface area contributed by atoms with Gasteiger partial charge in [-0.2, -0.15) is 5.10 Å². The van der Waals surface area contributed by atoms with E-state index in [1.807, 2.05) is 31.2 Å². The molecule has 0 atom stereocenters. The van der Waals surface area contributed by atoms with Crippen LogP contribution in [0.15, 0.2) is 77.9 Å². The molecular formula is C24H23N3O4. The molecular weight excluding hydrogens is 394 g/mol. The van der Waals surface area contributed by atoms with Crippen molar-refractivity contribution in [3.05, 3.63) is 89.5 Å². The number of benzene rings is 3. The van der Waals surface area contributed by atoms with Crippen molar-refractivity contribution in [1.82, 2.24) is 5.43 Å². The highest BCUT2D eigenvalue weighted by atomic mass is 16.5. The molecule has 0 unspecified atom stereocenters. The van der Waals surface area contributed by atoms with Gasteiger partial charge < -0.3 is 14.8 Å². The Morgan fingerprint density at radius 2 is 1.55 bits per heavy atom. The van der Waals surface area contributed by atoms with E-state index >= 15 is 0 Å². The lowest BCUT2D eigenvalue weighted by Gasteiger charge is -2.08. The van der Waals surface area contributed by atoms with E-state index in [1.54, 1.807) is 55.6 Å². The highest BCUT2D eigenvalue weighted by Crippen LogP contribution is 2.13. The Morgan fingerprint density at radius 1 is 0.903 bits per heavy atom. The number of aryl methyl sites for hydroxylation is 1. The van der Waals surface area contributed by atoms with Crippen LogP contribution < -0.4 is 20.2 Å². The van der Waals surface area contributed by atoms with Crippen molar-refractivity contribution >= 4 is 23.7 Å². The Kier molecular flexibility index (Phi) is 7.37. The number of anilines is 1. The van der Waals surface area contributed by atoms with Crippen molar-refractivity contribution in [3.8, 4) is 11.5 Å². The fourth-order valence-electron chi connectivity index (χ4n) is 2.61. The molecule has 3 aromatic carbocycles. The van der Waals surface area contributed by atoms with Crippen LogP contribution in [-0.2, 0) is 4.79 Å². The molecule has 158 valence electrons. The first-order valence-corrected chi connectivity index (χ1v) is 9.60. The van der Waals surface area contributed by atoms with Crippen LogP contribution in [0.2, 0.25) is 0 Å². The molecule has 2 amide bonds. The number of hydrogen-bond donors (Lipinski definition) is 2. The van der Waals surface area contributed by atoms with E-state index in [1.165, 1.54) is 6.21 Å². The molecule has 7 heteroatoms. The van der Waals surface area contributed by atoms with E-state index in [2.05, 4.69) is 15.8 Å². The van der Waals surface area contributed by atoms with Gasteiger partial charge in [-0.15, -0.1) is 0 Å². The lowest BCUT2D eigenvalue weighted by atomic mass is 10.2. The lowest BCUT2D eigenvalue weighted by molar-refractivity contribution is -0.118. The molecule has 31 heavy (non-hydrogen) atoms. The smallest absolute Gasteiger partial charge is 0.271 e. The van der Waals surface area contributed by atoms with E-state index in [-0.39, 0.29) is 18.4 Å². The van der Waals surface area contributed by atoms with Crippen molar-refractivity contribution in [2.45, 2.75) is 6.92 Å². The largest absolute Gasteiger partial charge is 0.497 e. The van der Waals surface area contributed by atoms with Gasteiger partial charge in [-0.1, -0.05) is 17.7 Å². The molecule has 0 aliphatic rings. The van der Waals surface area contributed by atoms with Crippen molar-refractivity contribution in [3.63, 3.8) is 0 Å². The summed E-state index contributed by atoms with van der Waals surface area (Å²) in [4.78, 5) is 24.1. The molecule has 0 radical (unpaired) electrons. The zero-order valence-electron chi connectivity index (χ0n) is 17.3. The third-order valence-corrected chi connectivity index (χ3v) is 4.32. The first-order valence-electron chi connectivity index (χ1n) is 9.60. The summed E-state index contributed by atoms with van der Waals surface area (Å²) in [5.74, 6) is 0.669. The molecule has 0 aromatic heterocycles. The number of nitrogens with zero attached hydrogens (tertiary/aromatic N) is 1. The first-order chi connectivity index (χ1) is 15.0. The molecule has 2 N–H and O–H groups in total. The highest BCUT2D eigenvalue weighted by molar-refractivity contribution is 5.95. The normalized spacial score (nSPS) is 10.5. The highest BCUT2D eigenvalue weighted by Gasteiger charge is 2.05. The van der Waals surface area contributed by atoms with Crippen LogP contribution in [0.1, 0.15) is 21.5 Å². The third kappa shape index (κ3) is 6.71. The number of hydrazone groups is 1. The molecule has 7 nitrogen and oxygen atoms in total. The van der Waals surface area contributed by atoms with E-state index in [0.717, 1.165) is 16.8 Å². The zero-order chi connectivity index (χ0) is 22.1. The zero-order valence-corrected chi connectivity index (χ0v) is 17.3. The second kappa shape index (κ2) is 10.6. The fraction of sp³-hybridized carbons (Fsp3) is 0.125. The lowest BCUT2D eigenvalue weighted by Crippen LogP contribution is -2.20. The molecule has 0 aliphatic carbocycles. The van der Waals surface area contributed by atoms with E-state index in [4.69, 9.17) is 9.47 Å². The van der Waals surface area contributed by atoms with Crippen LogP contribution >= 0.6 is 0 Å². The van der Waals surface area contributed by atoms with Gasteiger partial charge in [0.05, 0.1) is 13.3 Å². The van der Waals surface area contributed by atoms with Gasteiger partial charge in [0.2, 0.25) is 0 Å². The van der Waals surface area contributed by atoms with Crippen LogP contribution in [0.25, 0.3) is 0 Å². The average molecular weight is 417 g/mol. The minimum absolute atomic E-state index is 0.0980. The summed E-state index contributed by atoms with van der Waals surface area (Å²) in [7, 11) is 1.57. The molecule has 0 spiro atoms. The second-order valence-corrected chi connectivity index (χ2v) is 6.70. The number of amides is 2. The molecule has 0 saturated heterocycles. The summed E-state index contributed by atoms with van der Waals surface area (Å²) in [6.07, 6.45) is 1.52. The molecule has 0 heterocycles. The first kappa shape index (κ1) is 21.6. The Bertz CT molecular complexity index is 1040. The maximum absolute atomic E-state index is 12.1. The van der Waals surface area contributed by atoms with Crippen molar-refractivity contribution in [2.24, 2.45) is 5.10 Å². The van der Waals surface area contributed by atoms with E-state index in [9.17, 15) is 9.59 Å². The number of carbonyl (C=O) groups excluding carboxylic acids is 2. The summed E-state index contributed by atoms with van der Waals surface area (Å²) in [5.41, 5.74) is 5.57. The minimum atomic E-state index is -0.321. The van der Waals surface area contributed by atoms with Crippen LogP contribution in [0.4, 0.5) is 5.69 Å². The third-order valence-electron chi connectivity index (χ3n) is 4.32. The molecule has 0 fully saturated rings. The van der Waals surface area contributed by atoms with Gasteiger partial charge in [0, 0.05) is 11.3 Å². The molecule has 0 saturated carbocycles. The monoisotopic (exact) mass is 417 g/mol. The van der Waals surface area contributed by atoms with Gasteiger partial charge in [0.1, 0.15) is 11.5 Å². The van der Waals surface area contributed by atoms with Crippen LogP contribution in [0.5, 0.6) is 11.5 Å². The minimum Gasteiger partial charge on any atom is -0.497 e. The van der Waals surface area contributed by atoms with Crippen molar-refractivity contribution in [2.75, 3.05) is 19.0 Å². The predicted molar refractivity (Wildman–Crippen MR) is 120 cm³/mol. The molecule has 0 bridgehead atoms. The average Bonchev–Trinajstić information content (AvgIpc) is 2.80. The van der Waals surface area contributed by atoms with Crippen LogP contribution in [0.3, 0.4) is 0 Å². The number of hydrogen-bond acceptors (Lipinski definition) is 5. The molecule has 3 rings (SSSR count). The number of nitrogens with one attached hydrogen (secondary N) is 2. The number of methoxy groups -OCH3 is 1. The summed E-state index contributed by atoms with van der Waals surface area (Å²) in [5, 5.41) is 6.73. The van der Waals surface area contributed by atoms with E-state index < -0.39 is 0 Å². The maximum Gasteiger partial charge on any atom is 0.271 e. The van der Waals surface area contributed by atoms with Gasteiger partial charge in [-0.05, 0) is 73.2 Å². The summed E-state index contributed by atoms with van der Waals surface area (Å²) in [6, 6.07) is 21.3. The maximum atomic E-state index is 12.1. The van der Waals surface area contributed by atoms with Crippen molar-refractivity contribution in [1.29, 1.82) is 0 Å². The number of carbonyl (C=O) groups is 2. The summed E-state index contributed by atoms with van der Waals surface area (Å²) < 4.78 is 10.6. The Labute approximate surface area is 180 Å².